The van der Waals surface area contributed by atoms with Gasteiger partial charge in [0.1, 0.15) is 5.82 Å². The molecule has 5 rings (SSSR count). The predicted octanol–water partition coefficient (Wildman–Crippen LogP) is 4.27. The van der Waals surface area contributed by atoms with Gasteiger partial charge in [0.15, 0.2) is 0 Å². The summed E-state index contributed by atoms with van der Waals surface area (Å²) in [6, 6.07) is 16.1. The summed E-state index contributed by atoms with van der Waals surface area (Å²) in [5.74, 6) is 1.05. The van der Waals surface area contributed by atoms with Gasteiger partial charge in [-0.3, -0.25) is 9.97 Å². The third-order valence-electron chi connectivity index (χ3n) is 4.83. The molecular formula is C21H18ClN5. The van der Waals surface area contributed by atoms with Crippen molar-refractivity contribution in [2.24, 2.45) is 7.05 Å². The van der Waals surface area contributed by atoms with Crippen LogP contribution in [0.5, 0.6) is 0 Å². The minimum Gasteiger partial charge on any atom is -0.331 e. The van der Waals surface area contributed by atoms with Gasteiger partial charge in [-0.1, -0.05) is 12.1 Å². The highest BCUT2D eigenvalue weighted by Crippen LogP contribution is 2.24. The molecule has 0 fully saturated rings. The average Bonchev–Trinajstić information content (AvgIpc) is 3.02. The second-order valence-electron chi connectivity index (χ2n) is 6.44. The number of halogens is 1. The topological polar surface area (TPSA) is 56.5 Å². The van der Waals surface area contributed by atoms with Crippen LogP contribution in [0.25, 0.3) is 33.0 Å². The number of para-hydroxylation sites is 2. The average molecular weight is 376 g/mol. The van der Waals surface area contributed by atoms with Crippen LogP contribution < -0.4 is 0 Å². The molecule has 0 unspecified atom stereocenters. The van der Waals surface area contributed by atoms with Crippen LogP contribution >= 0.6 is 12.4 Å². The fourth-order valence-corrected chi connectivity index (χ4v) is 3.44. The van der Waals surface area contributed by atoms with Crippen LogP contribution in [0, 0.1) is 0 Å². The van der Waals surface area contributed by atoms with Crippen molar-refractivity contribution in [2.75, 3.05) is 0 Å². The number of benzene rings is 2. The van der Waals surface area contributed by atoms with E-state index in [1.165, 1.54) is 0 Å². The smallest absolute Gasteiger partial charge is 0.110 e. The molecule has 3 heterocycles. The highest BCUT2D eigenvalue weighted by atomic mass is 35.5. The lowest BCUT2D eigenvalue weighted by Crippen LogP contribution is -2.02. The lowest BCUT2D eigenvalue weighted by Gasteiger charge is -2.04. The molecule has 3 aromatic heterocycles. The zero-order valence-corrected chi connectivity index (χ0v) is 15.6. The third-order valence-corrected chi connectivity index (χ3v) is 4.83. The largest absolute Gasteiger partial charge is 0.331 e. The summed E-state index contributed by atoms with van der Waals surface area (Å²) in [6.07, 6.45) is 5.31. The number of hydrogen-bond donors (Lipinski definition) is 0. The summed E-state index contributed by atoms with van der Waals surface area (Å²) in [5, 5.41) is 1.09. The quantitative estimate of drug-likeness (QED) is 0.472. The van der Waals surface area contributed by atoms with Gasteiger partial charge in [0, 0.05) is 31.2 Å². The molecule has 0 aliphatic carbocycles. The van der Waals surface area contributed by atoms with Gasteiger partial charge in [0.05, 0.1) is 33.3 Å². The molecule has 0 radical (unpaired) electrons. The van der Waals surface area contributed by atoms with E-state index < -0.39 is 0 Å². The van der Waals surface area contributed by atoms with Crippen LogP contribution in [0.1, 0.15) is 11.5 Å². The van der Waals surface area contributed by atoms with Crippen LogP contribution in [0.4, 0.5) is 0 Å². The molecule has 0 N–H and O–H groups in total. The molecule has 0 amide bonds. The Hall–Kier alpha value is -3.05. The van der Waals surface area contributed by atoms with E-state index in [0.29, 0.717) is 0 Å². The summed E-state index contributed by atoms with van der Waals surface area (Å²) in [5.41, 5.74) is 5.97. The molecule has 6 heteroatoms. The zero-order valence-electron chi connectivity index (χ0n) is 14.8. The van der Waals surface area contributed by atoms with E-state index in [4.69, 9.17) is 9.97 Å². The number of imidazole rings is 1. The minimum absolute atomic E-state index is 0. The van der Waals surface area contributed by atoms with Crippen molar-refractivity contribution >= 4 is 45.4 Å². The molecule has 0 saturated heterocycles. The maximum atomic E-state index is 4.89. The van der Waals surface area contributed by atoms with Crippen molar-refractivity contribution in [1.29, 1.82) is 0 Å². The van der Waals surface area contributed by atoms with Gasteiger partial charge >= 0.3 is 0 Å². The highest BCUT2D eigenvalue weighted by molar-refractivity contribution is 6.02. The molecule has 0 aliphatic heterocycles. The first-order valence-corrected chi connectivity index (χ1v) is 8.69. The van der Waals surface area contributed by atoms with Crippen molar-refractivity contribution < 1.29 is 0 Å². The predicted molar refractivity (Wildman–Crippen MR) is 110 cm³/mol. The van der Waals surface area contributed by atoms with Gasteiger partial charge in [-0.15, -0.1) is 12.4 Å². The van der Waals surface area contributed by atoms with Gasteiger partial charge in [-0.2, -0.15) is 0 Å². The van der Waals surface area contributed by atoms with Crippen molar-refractivity contribution in [1.82, 2.24) is 24.5 Å². The highest BCUT2D eigenvalue weighted by Gasteiger charge is 2.11. The molecule has 0 spiro atoms. The number of aromatic nitrogens is 5. The summed E-state index contributed by atoms with van der Waals surface area (Å²) in [6.45, 7) is 0. The van der Waals surface area contributed by atoms with Crippen LogP contribution in [0.2, 0.25) is 0 Å². The standard InChI is InChI=1S/C21H17N5.ClH/c1-26-19-10-9-16-15(5-4-12-22-16)21(19)25-20(26)11-8-14-13-23-17-6-2-3-7-18(17)24-14;/h2-7,9-10,12-13H,8,11H2,1H3;1H. The van der Waals surface area contributed by atoms with Crippen LogP contribution in [-0.2, 0) is 19.9 Å². The Labute approximate surface area is 162 Å². The lowest BCUT2D eigenvalue weighted by molar-refractivity contribution is 0.776. The SMILES string of the molecule is Cl.Cn1c(CCc2cnc3ccccc3n2)nc2c3cccnc3ccc21. The van der Waals surface area contributed by atoms with E-state index in [1.54, 1.807) is 0 Å². The van der Waals surface area contributed by atoms with Crippen LogP contribution in [-0.4, -0.2) is 24.5 Å². The Morgan fingerprint density at radius 3 is 2.56 bits per heavy atom. The first kappa shape index (κ1) is 17.4. The Morgan fingerprint density at radius 2 is 1.67 bits per heavy atom. The molecule has 0 aliphatic rings. The van der Waals surface area contributed by atoms with E-state index in [1.807, 2.05) is 42.7 Å². The number of hydrogen-bond acceptors (Lipinski definition) is 4. The molecule has 5 nitrogen and oxygen atoms in total. The van der Waals surface area contributed by atoms with E-state index in [-0.39, 0.29) is 12.4 Å². The van der Waals surface area contributed by atoms with Crippen LogP contribution in [0.15, 0.2) is 60.9 Å². The van der Waals surface area contributed by atoms with Gasteiger partial charge < -0.3 is 4.57 Å². The monoisotopic (exact) mass is 375 g/mol. The normalized spacial score (nSPS) is 11.1. The Morgan fingerprint density at radius 1 is 0.815 bits per heavy atom. The molecule has 0 atom stereocenters. The maximum absolute atomic E-state index is 4.89. The second kappa shape index (κ2) is 6.93. The second-order valence-corrected chi connectivity index (χ2v) is 6.44. The van der Waals surface area contributed by atoms with Crippen LogP contribution in [0.3, 0.4) is 0 Å². The number of rotatable bonds is 3. The van der Waals surface area contributed by atoms with Gasteiger partial charge in [-0.05, 0) is 42.8 Å². The van der Waals surface area contributed by atoms with E-state index in [2.05, 4.69) is 39.8 Å². The fourth-order valence-electron chi connectivity index (χ4n) is 3.44. The van der Waals surface area contributed by atoms with Crippen molar-refractivity contribution in [3.8, 4) is 0 Å². The number of fused-ring (bicyclic) bond motifs is 4. The number of nitrogens with zero attached hydrogens (tertiary/aromatic N) is 5. The van der Waals surface area contributed by atoms with E-state index in [0.717, 1.165) is 57.3 Å². The molecule has 134 valence electrons. The summed E-state index contributed by atoms with van der Waals surface area (Å²) in [7, 11) is 2.07. The van der Waals surface area contributed by atoms with Crippen molar-refractivity contribution in [3.05, 3.63) is 72.4 Å². The van der Waals surface area contributed by atoms with Gasteiger partial charge in [0.25, 0.3) is 0 Å². The van der Waals surface area contributed by atoms with Crippen molar-refractivity contribution in [2.45, 2.75) is 12.8 Å². The molecule has 27 heavy (non-hydrogen) atoms. The molecular weight excluding hydrogens is 358 g/mol. The van der Waals surface area contributed by atoms with Crippen molar-refractivity contribution in [3.63, 3.8) is 0 Å². The molecule has 0 bridgehead atoms. The first-order valence-electron chi connectivity index (χ1n) is 8.69. The summed E-state index contributed by atoms with van der Waals surface area (Å²) in [4.78, 5) is 18.5. The fraction of sp³-hybridized carbons (Fsp3) is 0.143. The van der Waals surface area contributed by atoms with Gasteiger partial charge in [-0.25, -0.2) is 9.97 Å². The molecule has 0 saturated carbocycles. The Balaban J connectivity index is 0.00000180. The summed E-state index contributed by atoms with van der Waals surface area (Å²) >= 11 is 0. The van der Waals surface area contributed by atoms with Gasteiger partial charge in [0.2, 0.25) is 0 Å². The number of aryl methyl sites for hydroxylation is 3. The maximum Gasteiger partial charge on any atom is 0.110 e. The zero-order chi connectivity index (χ0) is 17.5. The number of pyridine rings is 1. The van der Waals surface area contributed by atoms with E-state index in [9.17, 15) is 0 Å². The first-order chi connectivity index (χ1) is 12.8. The minimum atomic E-state index is 0. The molecule has 5 aromatic rings. The lowest BCUT2D eigenvalue weighted by atomic mass is 10.2. The molecule has 2 aromatic carbocycles. The third kappa shape index (κ3) is 3.00. The summed E-state index contributed by atoms with van der Waals surface area (Å²) < 4.78 is 2.16. The van der Waals surface area contributed by atoms with E-state index >= 15 is 0 Å². The Kier molecular flexibility index (Phi) is 4.46. The Bertz CT molecular complexity index is 1260.